The Morgan fingerprint density at radius 3 is 2.67 bits per heavy atom. The molecule has 0 bridgehead atoms. The largest absolute Gasteiger partial charge is 0.454 e. The minimum absolute atomic E-state index is 0.190. The second-order valence-electron chi connectivity index (χ2n) is 5.37. The van der Waals surface area contributed by atoms with Crippen molar-refractivity contribution in [2.75, 3.05) is 6.79 Å². The number of carbonyl (C=O) groups excluding carboxylic acids is 1. The minimum atomic E-state index is 0.190. The number of hydrogen-bond donors (Lipinski definition) is 0. The molecule has 4 rings (SSSR count). The number of halogens is 1. The summed E-state index contributed by atoms with van der Waals surface area (Å²) < 4.78 is 12.6. The van der Waals surface area contributed by atoms with Crippen LogP contribution in [0.15, 0.2) is 48.7 Å². The normalized spacial score (nSPS) is 12.4. The third kappa shape index (κ3) is 2.53. The number of benzene rings is 2. The molecular weight excluding hydrogens is 328 g/mol. The molecule has 1 aliphatic rings. The fourth-order valence-corrected chi connectivity index (χ4v) is 2.93. The van der Waals surface area contributed by atoms with Gasteiger partial charge in [-0.25, -0.2) is 4.98 Å². The molecule has 0 saturated carbocycles. The molecule has 0 atom stereocenters. The molecule has 24 heavy (non-hydrogen) atoms. The van der Waals surface area contributed by atoms with Crippen LogP contribution in [0.2, 0.25) is 5.02 Å². The highest BCUT2D eigenvalue weighted by molar-refractivity contribution is 6.31. The van der Waals surface area contributed by atoms with Gasteiger partial charge in [0, 0.05) is 16.7 Å². The molecule has 0 fully saturated rings. The van der Waals surface area contributed by atoms with Crippen LogP contribution in [0.3, 0.4) is 0 Å². The predicted molar refractivity (Wildman–Crippen MR) is 89.7 cm³/mol. The molecule has 2 heterocycles. The van der Waals surface area contributed by atoms with Crippen molar-refractivity contribution >= 4 is 17.9 Å². The van der Waals surface area contributed by atoms with Crippen LogP contribution in [-0.2, 0) is 6.54 Å². The Labute approximate surface area is 143 Å². The second kappa shape index (κ2) is 6.02. The molecule has 6 heteroatoms. The molecule has 2 aromatic carbocycles. The molecule has 5 nitrogen and oxygen atoms in total. The van der Waals surface area contributed by atoms with Crippen molar-refractivity contribution in [2.45, 2.75) is 6.54 Å². The third-order valence-corrected chi connectivity index (χ3v) is 4.26. The van der Waals surface area contributed by atoms with E-state index in [0.717, 1.165) is 17.4 Å². The van der Waals surface area contributed by atoms with Crippen LogP contribution in [0.4, 0.5) is 0 Å². The Morgan fingerprint density at radius 2 is 1.92 bits per heavy atom. The summed E-state index contributed by atoms with van der Waals surface area (Å²) >= 11 is 6.36. The van der Waals surface area contributed by atoms with Gasteiger partial charge in [-0.15, -0.1) is 0 Å². The molecule has 0 N–H and O–H groups in total. The number of nitrogens with zero attached hydrogens (tertiary/aromatic N) is 2. The smallest absolute Gasteiger partial charge is 0.231 e. The number of aldehydes is 1. The lowest BCUT2D eigenvalue weighted by Gasteiger charge is -2.12. The maximum absolute atomic E-state index is 11.4. The quantitative estimate of drug-likeness (QED) is 0.678. The Hall–Kier alpha value is -2.79. The van der Waals surface area contributed by atoms with Gasteiger partial charge in [-0.3, -0.25) is 4.79 Å². The lowest BCUT2D eigenvalue weighted by atomic mass is 10.1. The molecule has 0 radical (unpaired) electrons. The first-order valence-electron chi connectivity index (χ1n) is 7.40. The van der Waals surface area contributed by atoms with E-state index in [1.54, 1.807) is 12.3 Å². The molecular formula is C18H13ClN2O3. The van der Waals surface area contributed by atoms with Crippen LogP contribution in [0, 0.1) is 0 Å². The Kier molecular flexibility index (Phi) is 3.70. The first-order chi connectivity index (χ1) is 11.8. The van der Waals surface area contributed by atoms with Crippen molar-refractivity contribution in [1.82, 2.24) is 9.55 Å². The van der Waals surface area contributed by atoms with Crippen molar-refractivity contribution < 1.29 is 14.3 Å². The van der Waals surface area contributed by atoms with Crippen molar-refractivity contribution in [3.63, 3.8) is 0 Å². The number of rotatable bonds is 4. The second-order valence-corrected chi connectivity index (χ2v) is 5.78. The average molecular weight is 341 g/mol. The summed E-state index contributed by atoms with van der Waals surface area (Å²) in [6.07, 6.45) is 2.36. The van der Waals surface area contributed by atoms with Crippen LogP contribution in [0.5, 0.6) is 11.5 Å². The van der Waals surface area contributed by atoms with Crippen molar-refractivity contribution in [3.8, 4) is 22.9 Å². The number of aromatic nitrogens is 2. The summed E-state index contributed by atoms with van der Waals surface area (Å²) in [5.41, 5.74) is 2.25. The summed E-state index contributed by atoms with van der Waals surface area (Å²) in [5, 5.41) is 0.559. The van der Waals surface area contributed by atoms with Crippen LogP contribution < -0.4 is 9.47 Å². The zero-order chi connectivity index (χ0) is 16.5. The Bertz CT molecular complexity index is 906. The van der Waals surface area contributed by atoms with Crippen LogP contribution in [0.25, 0.3) is 11.4 Å². The number of fused-ring (bicyclic) bond motifs is 1. The molecule has 0 saturated heterocycles. The lowest BCUT2D eigenvalue weighted by Crippen LogP contribution is -2.06. The summed E-state index contributed by atoms with van der Waals surface area (Å²) in [6.45, 7) is 0.600. The van der Waals surface area contributed by atoms with E-state index in [1.165, 1.54) is 0 Å². The molecule has 1 aromatic heterocycles. The van der Waals surface area contributed by atoms with Gasteiger partial charge in [-0.2, -0.15) is 0 Å². The first kappa shape index (κ1) is 14.8. The zero-order valence-electron chi connectivity index (χ0n) is 12.6. The molecule has 0 aliphatic carbocycles. The van der Waals surface area contributed by atoms with Crippen LogP contribution in [0.1, 0.15) is 16.1 Å². The van der Waals surface area contributed by atoms with Crippen molar-refractivity contribution in [2.24, 2.45) is 0 Å². The predicted octanol–water partition coefficient (Wildman–Crippen LogP) is 3.79. The maximum atomic E-state index is 11.4. The van der Waals surface area contributed by atoms with Crippen LogP contribution in [-0.4, -0.2) is 22.6 Å². The van der Waals surface area contributed by atoms with Gasteiger partial charge in [-0.1, -0.05) is 41.9 Å². The van der Waals surface area contributed by atoms with E-state index in [4.69, 9.17) is 21.1 Å². The van der Waals surface area contributed by atoms with E-state index in [9.17, 15) is 4.79 Å². The van der Waals surface area contributed by atoms with Gasteiger partial charge in [0.1, 0.15) is 11.5 Å². The maximum Gasteiger partial charge on any atom is 0.231 e. The van der Waals surface area contributed by atoms with Gasteiger partial charge < -0.3 is 14.0 Å². The van der Waals surface area contributed by atoms with E-state index in [0.29, 0.717) is 34.6 Å². The number of imidazole rings is 1. The Balaban J connectivity index is 1.77. The molecule has 0 amide bonds. The molecule has 1 aliphatic heterocycles. The summed E-state index contributed by atoms with van der Waals surface area (Å²) in [4.78, 5) is 15.8. The fraction of sp³-hybridized carbons (Fsp3) is 0.111. The van der Waals surface area contributed by atoms with Gasteiger partial charge >= 0.3 is 0 Å². The fourth-order valence-electron chi connectivity index (χ4n) is 2.72. The monoisotopic (exact) mass is 340 g/mol. The van der Waals surface area contributed by atoms with Gasteiger partial charge in [0.05, 0.1) is 12.7 Å². The zero-order valence-corrected chi connectivity index (χ0v) is 13.4. The average Bonchev–Trinajstić information content (AvgIpc) is 3.22. The lowest BCUT2D eigenvalue weighted by molar-refractivity contribution is 0.111. The van der Waals surface area contributed by atoms with E-state index in [1.807, 2.05) is 41.0 Å². The van der Waals surface area contributed by atoms with Gasteiger partial charge in [0.2, 0.25) is 6.79 Å². The standard InChI is InChI=1S/C18H13ClN2O3/c19-15-7-17-16(23-11-24-17)6-13(15)9-21-14(10-22)8-20-18(21)12-4-2-1-3-5-12/h1-8,10H,9,11H2. The van der Waals surface area contributed by atoms with Gasteiger partial charge in [-0.05, 0) is 11.6 Å². The summed E-state index contributed by atoms with van der Waals surface area (Å²) in [5.74, 6) is 2.00. The van der Waals surface area contributed by atoms with E-state index in [2.05, 4.69) is 4.98 Å². The highest BCUT2D eigenvalue weighted by atomic mass is 35.5. The topological polar surface area (TPSA) is 53.4 Å². The third-order valence-electron chi connectivity index (χ3n) is 3.91. The summed E-state index contributed by atoms with van der Waals surface area (Å²) in [6, 6.07) is 13.3. The minimum Gasteiger partial charge on any atom is -0.454 e. The van der Waals surface area contributed by atoms with Gasteiger partial charge in [0.15, 0.2) is 17.8 Å². The van der Waals surface area contributed by atoms with E-state index < -0.39 is 0 Å². The molecule has 0 unspecified atom stereocenters. The Morgan fingerprint density at radius 1 is 1.17 bits per heavy atom. The molecule has 120 valence electrons. The summed E-state index contributed by atoms with van der Waals surface area (Å²) in [7, 11) is 0. The molecule has 0 spiro atoms. The van der Waals surface area contributed by atoms with E-state index in [-0.39, 0.29) is 6.79 Å². The highest BCUT2D eigenvalue weighted by Gasteiger charge is 2.19. The number of carbonyl (C=O) groups is 1. The van der Waals surface area contributed by atoms with Crippen molar-refractivity contribution in [1.29, 1.82) is 0 Å². The van der Waals surface area contributed by atoms with Gasteiger partial charge in [0.25, 0.3) is 0 Å². The first-order valence-corrected chi connectivity index (χ1v) is 7.78. The number of ether oxygens (including phenoxy) is 2. The van der Waals surface area contributed by atoms with E-state index >= 15 is 0 Å². The molecule has 3 aromatic rings. The van der Waals surface area contributed by atoms with Crippen molar-refractivity contribution in [3.05, 3.63) is 64.9 Å². The SMILES string of the molecule is O=Cc1cnc(-c2ccccc2)n1Cc1cc2c(cc1Cl)OCO2. The number of hydrogen-bond acceptors (Lipinski definition) is 4. The highest BCUT2D eigenvalue weighted by Crippen LogP contribution is 2.37. The van der Waals surface area contributed by atoms with Crippen LogP contribution >= 0.6 is 11.6 Å².